The number of aliphatic hydroxyl groups is 1. The molecule has 1 N–H and O–H groups in total. The normalized spacial score (nSPS) is 9.64. The second kappa shape index (κ2) is 3.93. The van der Waals surface area contributed by atoms with E-state index >= 15 is 0 Å². The Labute approximate surface area is 65.7 Å². The SMILES string of the molecule is Cc1cnccc1OCCO. The van der Waals surface area contributed by atoms with E-state index in [4.69, 9.17) is 9.84 Å². The van der Waals surface area contributed by atoms with Crippen LogP contribution in [0.4, 0.5) is 0 Å². The first-order valence-electron chi connectivity index (χ1n) is 3.49. The van der Waals surface area contributed by atoms with Gasteiger partial charge < -0.3 is 9.84 Å². The average Bonchev–Trinajstić information content (AvgIpc) is 2.03. The van der Waals surface area contributed by atoms with Crippen molar-refractivity contribution in [1.29, 1.82) is 0 Å². The molecule has 1 aromatic rings. The second-order valence-corrected chi connectivity index (χ2v) is 2.21. The zero-order valence-electron chi connectivity index (χ0n) is 6.45. The molecule has 0 amide bonds. The molecule has 1 heterocycles. The zero-order valence-corrected chi connectivity index (χ0v) is 6.45. The summed E-state index contributed by atoms with van der Waals surface area (Å²) in [5, 5.41) is 8.48. The Morgan fingerprint density at radius 2 is 2.45 bits per heavy atom. The fourth-order valence-corrected chi connectivity index (χ4v) is 0.778. The number of nitrogens with zero attached hydrogens (tertiary/aromatic N) is 1. The Morgan fingerprint density at radius 1 is 1.64 bits per heavy atom. The number of aliphatic hydroxyl groups excluding tert-OH is 1. The van der Waals surface area contributed by atoms with Crippen LogP contribution in [0.5, 0.6) is 5.75 Å². The summed E-state index contributed by atoms with van der Waals surface area (Å²) in [6.45, 7) is 2.30. The number of hydrogen-bond acceptors (Lipinski definition) is 3. The molecule has 0 unspecified atom stereocenters. The van der Waals surface area contributed by atoms with Crippen LogP contribution in [0.15, 0.2) is 18.5 Å². The largest absolute Gasteiger partial charge is 0.491 e. The number of ether oxygens (including phenoxy) is 1. The van der Waals surface area contributed by atoms with Gasteiger partial charge in [0, 0.05) is 18.0 Å². The lowest BCUT2D eigenvalue weighted by molar-refractivity contribution is 0.200. The molecular weight excluding hydrogens is 142 g/mol. The highest BCUT2D eigenvalue weighted by atomic mass is 16.5. The monoisotopic (exact) mass is 153 g/mol. The van der Waals surface area contributed by atoms with E-state index in [9.17, 15) is 0 Å². The molecule has 0 saturated heterocycles. The van der Waals surface area contributed by atoms with Gasteiger partial charge in [-0.05, 0) is 13.0 Å². The van der Waals surface area contributed by atoms with Crippen LogP contribution in [-0.4, -0.2) is 23.3 Å². The van der Waals surface area contributed by atoms with Crippen molar-refractivity contribution in [3.63, 3.8) is 0 Å². The van der Waals surface area contributed by atoms with Crippen LogP contribution in [0, 0.1) is 6.92 Å². The van der Waals surface area contributed by atoms with Crippen molar-refractivity contribution < 1.29 is 9.84 Å². The van der Waals surface area contributed by atoms with Crippen molar-refractivity contribution in [3.8, 4) is 5.75 Å². The third kappa shape index (κ3) is 2.20. The molecule has 1 aromatic heterocycles. The molecular formula is C8H11NO2. The van der Waals surface area contributed by atoms with Crippen molar-refractivity contribution in [3.05, 3.63) is 24.0 Å². The molecule has 0 aliphatic rings. The minimum Gasteiger partial charge on any atom is -0.491 e. The topological polar surface area (TPSA) is 42.4 Å². The van der Waals surface area contributed by atoms with Gasteiger partial charge in [0.25, 0.3) is 0 Å². The van der Waals surface area contributed by atoms with E-state index in [1.165, 1.54) is 0 Å². The van der Waals surface area contributed by atoms with Gasteiger partial charge in [-0.2, -0.15) is 0 Å². The molecule has 3 nitrogen and oxygen atoms in total. The molecule has 0 aliphatic heterocycles. The van der Waals surface area contributed by atoms with Crippen LogP contribution < -0.4 is 4.74 Å². The summed E-state index contributed by atoms with van der Waals surface area (Å²) in [7, 11) is 0. The summed E-state index contributed by atoms with van der Waals surface area (Å²) in [5.74, 6) is 0.786. The molecule has 60 valence electrons. The van der Waals surface area contributed by atoms with E-state index in [0.717, 1.165) is 11.3 Å². The van der Waals surface area contributed by atoms with Crippen LogP contribution in [-0.2, 0) is 0 Å². The lowest BCUT2D eigenvalue weighted by Crippen LogP contribution is -2.02. The summed E-state index contributed by atoms with van der Waals surface area (Å²) in [6, 6.07) is 1.78. The fourth-order valence-electron chi connectivity index (χ4n) is 0.778. The maximum Gasteiger partial charge on any atom is 0.125 e. The van der Waals surface area contributed by atoms with E-state index in [-0.39, 0.29) is 6.61 Å². The number of pyridine rings is 1. The predicted molar refractivity (Wildman–Crippen MR) is 41.6 cm³/mol. The van der Waals surface area contributed by atoms with Crippen molar-refractivity contribution in [2.24, 2.45) is 0 Å². The van der Waals surface area contributed by atoms with Gasteiger partial charge in [0.05, 0.1) is 6.61 Å². The standard InChI is InChI=1S/C8H11NO2/c1-7-6-9-3-2-8(7)11-5-4-10/h2-3,6,10H,4-5H2,1H3. The van der Waals surface area contributed by atoms with Crippen molar-refractivity contribution in [2.75, 3.05) is 13.2 Å². The number of aryl methyl sites for hydroxylation is 1. The van der Waals surface area contributed by atoms with E-state index in [2.05, 4.69) is 4.98 Å². The van der Waals surface area contributed by atoms with Crippen LogP contribution in [0.25, 0.3) is 0 Å². The first-order valence-corrected chi connectivity index (χ1v) is 3.49. The smallest absolute Gasteiger partial charge is 0.125 e. The van der Waals surface area contributed by atoms with Gasteiger partial charge in [-0.3, -0.25) is 4.98 Å². The third-order valence-corrected chi connectivity index (χ3v) is 1.32. The van der Waals surface area contributed by atoms with E-state index in [0.29, 0.717) is 6.61 Å². The molecule has 0 aliphatic carbocycles. The fraction of sp³-hybridized carbons (Fsp3) is 0.375. The van der Waals surface area contributed by atoms with E-state index in [1.807, 2.05) is 6.92 Å². The van der Waals surface area contributed by atoms with Crippen LogP contribution >= 0.6 is 0 Å². The van der Waals surface area contributed by atoms with E-state index in [1.54, 1.807) is 18.5 Å². The van der Waals surface area contributed by atoms with Crippen LogP contribution in [0.3, 0.4) is 0 Å². The highest BCUT2D eigenvalue weighted by Crippen LogP contribution is 2.13. The van der Waals surface area contributed by atoms with Crippen LogP contribution in [0.2, 0.25) is 0 Å². The first-order chi connectivity index (χ1) is 5.34. The summed E-state index contributed by atoms with van der Waals surface area (Å²) >= 11 is 0. The minimum absolute atomic E-state index is 0.0434. The van der Waals surface area contributed by atoms with Gasteiger partial charge in [0.1, 0.15) is 12.4 Å². The Morgan fingerprint density at radius 3 is 3.09 bits per heavy atom. The lowest BCUT2D eigenvalue weighted by Gasteiger charge is -2.05. The number of rotatable bonds is 3. The van der Waals surface area contributed by atoms with Gasteiger partial charge in [-0.15, -0.1) is 0 Å². The molecule has 0 radical (unpaired) electrons. The molecule has 0 spiro atoms. The predicted octanol–water partition coefficient (Wildman–Crippen LogP) is 0.761. The molecule has 3 heteroatoms. The highest BCUT2D eigenvalue weighted by Gasteiger charge is 1.95. The number of hydrogen-bond donors (Lipinski definition) is 1. The lowest BCUT2D eigenvalue weighted by atomic mass is 10.3. The van der Waals surface area contributed by atoms with Crippen molar-refractivity contribution >= 4 is 0 Å². The Hall–Kier alpha value is -1.09. The van der Waals surface area contributed by atoms with Crippen molar-refractivity contribution in [1.82, 2.24) is 4.98 Å². The summed E-state index contributed by atoms with van der Waals surface area (Å²) in [4.78, 5) is 3.91. The zero-order chi connectivity index (χ0) is 8.10. The Balaban J connectivity index is 2.62. The molecule has 0 atom stereocenters. The van der Waals surface area contributed by atoms with Crippen LogP contribution in [0.1, 0.15) is 5.56 Å². The van der Waals surface area contributed by atoms with Crippen molar-refractivity contribution in [2.45, 2.75) is 6.92 Å². The van der Waals surface area contributed by atoms with E-state index < -0.39 is 0 Å². The molecule has 11 heavy (non-hydrogen) atoms. The Bertz CT molecular complexity index is 225. The molecule has 0 bridgehead atoms. The maximum absolute atomic E-state index is 8.48. The quantitative estimate of drug-likeness (QED) is 0.697. The molecule has 0 aromatic carbocycles. The van der Waals surface area contributed by atoms with Gasteiger partial charge in [0.2, 0.25) is 0 Å². The van der Waals surface area contributed by atoms with Gasteiger partial charge >= 0.3 is 0 Å². The Kier molecular flexibility index (Phi) is 2.86. The van der Waals surface area contributed by atoms with Gasteiger partial charge in [0.15, 0.2) is 0 Å². The van der Waals surface area contributed by atoms with Gasteiger partial charge in [-0.25, -0.2) is 0 Å². The minimum atomic E-state index is 0.0434. The summed E-state index contributed by atoms with van der Waals surface area (Å²) in [5.41, 5.74) is 0.987. The molecule has 0 fully saturated rings. The maximum atomic E-state index is 8.48. The first kappa shape index (κ1) is 8.01. The summed E-state index contributed by atoms with van der Waals surface area (Å²) in [6.07, 6.45) is 3.40. The molecule has 1 rings (SSSR count). The number of aromatic nitrogens is 1. The second-order valence-electron chi connectivity index (χ2n) is 2.21. The average molecular weight is 153 g/mol. The highest BCUT2D eigenvalue weighted by molar-refractivity contribution is 5.28. The van der Waals surface area contributed by atoms with Gasteiger partial charge in [-0.1, -0.05) is 0 Å². The molecule has 0 saturated carbocycles. The summed E-state index contributed by atoms with van der Waals surface area (Å²) < 4.78 is 5.20. The third-order valence-electron chi connectivity index (χ3n) is 1.32.